The SMILES string of the molecule is CC[C@@H](C)Oc1nc(N)c2ncc(Cc3cnc(N4CCN(CCNC)CC4)c(C)c3)n2n1. The van der Waals surface area contributed by atoms with Crippen molar-refractivity contribution in [3.8, 4) is 6.01 Å². The lowest BCUT2D eigenvalue weighted by Crippen LogP contribution is -2.48. The fourth-order valence-electron chi connectivity index (χ4n) is 4.08. The molecule has 10 nitrogen and oxygen atoms in total. The van der Waals surface area contributed by atoms with Crippen LogP contribution in [0.3, 0.4) is 0 Å². The molecule has 4 heterocycles. The zero-order chi connectivity index (χ0) is 23.4. The summed E-state index contributed by atoms with van der Waals surface area (Å²) in [4.78, 5) is 18.4. The van der Waals surface area contributed by atoms with Crippen LogP contribution < -0.4 is 20.7 Å². The van der Waals surface area contributed by atoms with Gasteiger partial charge in [-0.15, -0.1) is 5.10 Å². The number of hydrogen-bond donors (Lipinski definition) is 2. The molecule has 0 bridgehead atoms. The largest absolute Gasteiger partial charge is 0.459 e. The van der Waals surface area contributed by atoms with E-state index >= 15 is 0 Å². The van der Waals surface area contributed by atoms with Gasteiger partial charge in [0.25, 0.3) is 0 Å². The summed E-state index contributed by atoms with van der Waals surface area (Å²) < 4.78 is 7.51. The number of likely N-dealkylation sites (N-methyl/N-ethyl adjacent to an activating group) is 1. The van der Waals surface area contributed by atoms with Gasteiger partial charge in [0, 0.05) is 51.9 Å². The molecular weight excluding hydrogens is 418 g/mol. The Morgan fingerprint density at radius 3 is 2.67 bits per heavy atom. The van der Waals surface area contributed by atoms with Gasteiger partial charge < -0.3 is 20.7 Å². The third-order valence-electron chi connectivity index (χ3n) is 6.16. The number of anilines is 2. The van der Waals surface area contributed by atoms with E-state index in [1.807, 2.05) is 20.2 Å². The number of fused-ring (bicyclic) bond motifs is 1. The molecule has 10 heteroatoms. The van der Waals surface area contributed by atoms with Gasteiger partial charge in [-0.25, -0.2) is 14.5 Å². The Morgan fingerprint density at radius 1 is 1.18 bits per heavy atom. The number of nitrogens with two attached hydrogens (primary N) is 1. The maximum Gasteiger partial charge on any atom is 0.336 e. The van der Waals surface area contributed by atoms with E-state index in [0.29, 0.717) is 17.9 Å². The first kappa shape index (κ1) is 23.2. The summed E-state index contributed by atoms with van der Waals surface area (Å²) in [5.41, 5.74) is 9.85. The monoisotopic (exact) mass is 453 g/mol. The first-order chi connectivity index (χ1) is 16.0. The van der Waals surface area contributed by atoms with Gasteiger partial charge >= 0.3 is 6.01 Å². The molecular formula is C23H35N9O. The Labute approximate surface area is 195 Å². The molecule has 3 N–H and O–H groups in total. The lowest BCUT2D eigenvalue weighted by molar-refractivity contribution is 0.196. The summed E-state index contributed by atoms with van der Waals surface area (Å²) in [6, 6.07) is 2.48. The molecule has 0 radical (unpaired) electrons. The van der Waals surface area contributed by atoms with E-state index in [-0.39, 0.29) is 12.1 Å². The van der Waals surface area contributed by atoms with E-state index in [0.717, 1.165) is 62.8 Å². The zero-order valence-electron chi connectivity index (χ0n) is 20.1. The molecule has 1 aliphatic heterocycles. The van der Waals surface area contributed by atoms with Crippen LogP contribution in [0.15, 0.2) is 18.5 Å². The van der Waals surface area contributed by atoms with Gasteiger partial charge in [0.1, 0.15) is 5.82 Å². The van der Waals surface area contributed by atoms with Crippen molar-refractivity contribution in [1.29, 1.82) is 0 Å². The molecule has 0 spiro atoms. The molecule has 1 atom stereocenters. The van der Waals surface area contributed by atoms with Crippen molar-refractivity contribution in [2.45, 2.75) is 39.7 Å². The minimum absolute atomic E-state index is 0.0124. The molecule has 0 aliphatic carbocycles. The van der Waals surface area contributed by atoms with E-state index in [4.69, 9.17) is 15.5 Å². The summed E-state index contributed by atoms with van der Waals surface area (Å²) in [7, 11) is 2.00. The summed E-state index contributed by atoms with van der Waals surface area (Å²) in [5.74, 6) is 1.38. The van der Waals surface area contributed by atoms with Crippen LogP contribution in [0.4, 0.5) is 11.6 Å². The number of nitrogens with one attached hydrogen (secondary N) is 1. The molecule has 3 aromatic rings. The molecule has 1 aliphatic rings. The number of imidazole rings is 1. The summed E-state index contributed by atoms with van der Waals surface area (Å²) >= 11 is 0. The highest BCUT2D eigenvalue weighted by molar-refractivity contribution is 5.60. The van der Waals surface area contributed by atoms with E-state index in [9.17, 15) is 0 Å². The molecule has 0 unspecified atom stereocenters. The van der Waals surface area contributed by atoms with E-state index in [1.54, 1.807) is 10.7 Å². The lowest BCUT2D eigenvalue weighted by atomic mass is 10.1. The molecule has 0 saturated carbocycles. The van der Waals surface area contributed by atoms with Crippen LogP contribution in [0.1, 0.15) is 37.1 Å². The Bertz CT molecular complexity index is 1080. The second kappa shape index (κ2) is 10.3. The predicted molar refractivity (Wildman–Crippen MR) is 130 cm³/mol. The molecule has 0 aromatic carbocycles. The van der Waals surface area contributed by atoms with Crippen LogP contribution in [-0.2, 0) is 6.42 Å². The number of nitrogen functional groups attached to an aromatic ring is 1. The molecule has 33 heavy (non-hydrogen) atoms. The van der Waals surface area contributed by atoms with Gasteiger partial charge in [-0.3, -0.25) is 4.90 Å². The number of piperazine rings is 1. The summed E-state index contributed by atoms with van der Waals surface area (Å²) in [6.07, 6.45) is 5.27. The molecule has 178 valence electrons. The second-order valence-electron chi connectivity index (χ2n) is 8.69. The standard InChI is InChI=1S/C23H35N9O/c1-5-17(3)33-23-28-20(24)22-27-15-19(32(22)29-23)13-18-12-16(2)21(26-14-18)31-10-8-30(9-11-31)7-6-25-4/h12,14-15,17,25H,5-11,13H2,1-4H3,(H2,24,28,29)/t17-/m1/s1. The smallest absolute Gasteiger partial charge is 0.336 e. The predicted octanol–water partition coefficient (Wildman–Crippen LogP) is 1.52. The molecule has 4 rings (SSSR count). The van der Waals surface area contributed by atoms with Crippen LogP contribution >= 0.6 is 0 Å². The molecule has 3 aromatic heterocycles. The third kappa shape index (κ3) is 5.33. The third-order valence-corrected chi connectivity index (χ3v) is 6.16. The number of pyridine rings is 1. The van der Waals surface area contributed by atoms with Gasteiger partial charge in [-0.1, -0.05) is 13.0 Å². The number of nitrogens with zero attached hydrogens (tertiary/aromatic N) is 7. The number of hydrogen-bond acceptors (Lipinski definition) is 9. The van der Waals surface area contributed by atoms with Crippen LogP contribution in [0.2, 0.25) is 0 Å². The number of rotatable bonds is 9. The molecule has 1 fully saturated rings. The minimum atomic E-state index is 0.0124. The van der Waals surface area contributed by atoms with Crippen molar-refractivity contribution < 1.29 is 4.74 Å². The van der Waals surface area contributed by atoms with Crippen molar-refractivity contribution in [2.75, 3.05) is 56.9 Å². The lowest BCUT2D eigenvalue weighted by Gasteiger charge is -2.36. The average Bonchev–Trinajstić information content (AvgIpc) is 3.21. The summed E-state index contributed by atoms with van der Waals surface area (Å²) in [5, 5.41) is 7.75. The number of aryl methyl sites for hydroxylation is 1. The van der Waals surface area contributed by atoms with Gasteiger partial charge in [0.15, 0.2) is 11.5 Å². The summed E-state index contributed by atoms with van der Waals surface area (Å²) in [6.45, 7) is 12.4. The van der Waals surface area contributed by atoms with E-state index in [2.05, 4.69) is 50.1 Å². The Kier molecular flexibility index (Phi) is 7.24. The fourth-order valence-corrected chi connectivity index (χ4v) is 4.08. The molecule has 0 amide bonds. The highest BCUT2D eigenvalue weighted by Gasteiger charge is 2.20. The van der Waals surface area contributed by atoms with Crippen molar-refractivity contribution in [2.24, 2.45) is 0 Å². The van der Waals surface area contributed by atoms with Gasteiger partial charge in [0.05, 0.1) is 18.0 Å². The quantitative estimate of drug-likeness (QED) is 0.498. The van der Waals surface area contributed by atoms with E-state index in [1.165, 1.54) is 5.56 Å². The van der Waals surface area contributed by atoms with Crippen LogP contribution in [-0.4, -0.2) is 81.9 Å². The minimum Gasteiger partial charge on any atom is -0.459 e. The Balaban J connectivity index is 1.48. The maximum absolute atomic E-state index is 6.10. The highest BCUT2D eigenvalue weighted by Crippen LogP contribution is 2.22. The van der Waals surface area contributed by atoms with Crippen molar-refractivity contribution >= 4 is 17.3 Å². The second-order valence-corrected chi connectivity index (χ2v) is 8.69. The normalized spacial score (nSPS) is 15.8. The fraction of sp³-hybridized carbons (Fsp3) is 0.565. The van der Waals surface area contributed by atoms with Crippen LogP contribution in [0, 0.1) is 6.92 Å². The van der Waals surface area contributed by atoms with E-state index < -0.39 is 0 Å². The number of aromatic nitrogens is 5. The van der Waals surface area contributed by atoms with Crippen LogP contribution in [0.25, 0.3) is 5.65 Å². The van der Waals surface area contributed by atoms with Crippen molar-refractivity contribution in [3.05, 3.63) is 35.3 Å². The average molecular weight is 454 g/mol. The van der Waals surface area contributed by atoms with Gasteiger partial charge in [-0.05, 0) is 38.4 Å². The van der Waals surface area contributed by atoms with Crippen molar-refractivity contribution in [1.82, 2.24) is 34.8 Å². The van der Waals surface area contributed by atoms with Crippen molar-refractivity contribution in [3.63, 3.8) is 0 Å². The first-order valence-corrected chi connectivity index (χ1v) is 11.7. The van der Waals surface area contributed by atoms with Crippen LogP contribution in [0.5, 0.6) is 6.01 Å². The molecule has 1 saturated heterocycles. The Hall–Kier alpha value is -2.98. The first-order valence-electron chi connectivity index (χ1n) is 11.7. The maximum atomic E-state index is 6.10. The zero-order valence-corrected chi connectivity index (χ0v) is 20.1. The highest BCUT2D eigenvalue weighted by atomic mass is 16.5. The topological polar surface area (TPSA) is 110 Å². The van der Waals surface area contributed by atoms with Gasteiger partial charge in [0.2, 0.25) is 0 Å². The number of ether oxygens (including phenoxy) is 1. The van der Waals surface area contributed by atoms with Gasteiger partial charge in [-0.2, -0.15) is 4.98 Å². The Morgan fingerprint density at radius 2 is 1.97 bits per heavy atom.